The first-order chi connectivity index (χ1) is 12.7. The number of rotatable bonds is 6. The molecule has 1 aliphatic heterocycles. The van der Waals surface area contributed by atoms with E-state index < -0.39 is 30.1 Å². The topological polar surface area (TPSA) is 82.0 Å². The molecule has 6 nitrogen and oxygen atoms in total. The van der Waals surface area contributed by atoms with Gasteiger partial charge in [0.1, 0.15) is 0 Å². The van der Waals surface area contributed by atoms with Gasteiger partial charge in [-0.25, -0.2) is 0 Å². The van der Waals surface area contributed by atoms with Crippen LogP contribution in [0.4, 0.5) is 13.2 Å². The molecular formula is C18H22F3N3O3. The molecule has 0 fully saturated rings. The average Bonchev–Trinajstić information content (AvgIpc) is 2.98. The molecule has 2 amide bonds. The number of aliphatic hydroxyl groups is 1. The highest BCUT2D eigenvalue weighted by Gasteiger charge is 2.63. The number of benzene rings is 1. The summed E-state index contributed by atoms with van der Waals surface area (Å²) in [7, 11) is 0. The Labute approximate surface area is 155 Å². The van der Waals surface area contributed by atoms with Gasteiger partial charge in [-0.1, -0.05) is 43.7 Å². The van der Waals surface area contributed by atoms with E-state index in [9.17, 15) is 27.9 Å². The van der Waals surface area contributed by atoms with Crippen LogP contribution < -0.4 is 5.32 Å². The summed E-state index contributed by atoms with van der Waals surface area (Å²) in [5.74, 6) is -2.77. The van der Waals surface area contributed by atoms with Crippen molar-refractivity contribution in [3.8, 4) is 0 Å². The van der Waals surface area contributed by atoms with Gasteiger partial charge < -0.3 is 10.4 Å². The fourth-order valence-electron chi connectivity index (χ4n) is 2.71. The van der Waals surface area contributed by atoms with Crippen molar-refractivity contribution >= 4 is 17.5 Å². The summed E-state index contributed by atoms with van der Waals surface area (Å²) in [6.07, 6.45) is -4.07. The van der Waals surface area contributed by atoms with E-state index in [1.54, 1.807) is 0 Å². The van der Waals surface area contributed by atoms with Crippen LogP contribution >= 0.6 is 0 Å². The monoisotopic (exact) mass is 385 g/mol. The van der Waals surface area contributed by atoms with Gasteiger partial charge in [0, 0.05) is 18.7 Å². The second-order valence-electron chi connectivity index (χ2n) is 6.37. The molecule has 0 aromatic heterocycles. The van der Waals surface area contributed by atoms with E-state index in [1.807, 2.05) is 37.3 Å². The largest absolute Gasteiger partial charge is 0.438 e. The molecule has 0 unspecified atom stereocenters. The van der Waals surface area contributed by atoms with Crippen molar-refractivity contribution in [1.29, 1.82) is 0 Å². The van der Waals surface area contributed by atoms with Gasteiger partial charge in [0.05, 0.1) is 0 Å². The maximum atomic E-state index is 13.3. The summed E-state index contributed by atoms with van der Waals surface area (Å²) in [6, 6.07) is 9.08. The second kappa shape index (κ2) is 8.51. The fraction of sp³-hybridized carbons (Fsp3) is 0.500. The van der Waals surface area contributed by atoms with Gasteiger partial charge in [0.15, 0.2) is 0 Å². The van der Waals surface area contributed by atoms with E-state index in [1.165, 1.54) is 0 Å². The number of hydrogen-bond donors (Lipinski definition) is 2. The number of nitrogens with zero attached hydrogens (tertiary/aromatic N) is 2. The van der Waals surface area contributed by atoms with Crippen LogP contribution in [0.2, 0.25) is 0 Å². The van der Waals surface area contributed by atoms with Crippen LogP contribution in [0, 0.1) is 0 Å². The van der Waals surface area contributed by atoms with Crippen molar-refractivity contribution in [3.05, 3.63) is 35.9 Å². The zero-order chi connectivity index (χ0) is 20.1. The van der Waals surface area contributed by atoms with E-state index in [0.717, 1.165) is 12.0 Å². The van der Waals surface area contributed by atoms with Crippen molar-refractivity contribution in [2.45, 2.75) is 50.9 Å². The van der Waals surface area contributed by atoms with Crippen molar-refractivity contribution in [1.82, 2.24) is 10.3 Å². The standard InChI is InChI=1S/C18H22F3N3O3/c1-2-3-9-14-12-17(27,18(19,20)21)24(23-14)16(26)15(25)22-11-10-13-7-5-4-6-8-13/h4-8,27H,2-3,9-12H2,1H3,(H,22,25)/t17-/m0/s1. The number of alkyl halides is 3. The van der Waals surface area contributed by atoms with Crippen molar-refractivity contribution < 1.29 is 27.9 Å². The number of hydrogen-bond acceptors (Lipinski definition) is 4. The van der Waals surface area contributed by atoms with Crippen LogP contribution in [-0.4, -0.2) is 46.1 Å². The molecule has 0 spiro atoms. The summed E-state index contributed by atoms with van der Waals surface area (Å²) >= 11 is 0. The molecule has 2 N–H and O–H groups in total. The average molecular weight is 385 g/mol. The molecule has 0 saturated carbocycles. The predicted molar refractivity (Wildman–Crippen MR) is 92.6 cm³/mol. The molecule has 0 bridgehead atoms. The lowest BCUT2D eigenvalue weighted by Gasteiger charge is -2.32. The molecule has 0 aliphatic carbocycles. The molecule has 0 saturated heterocycles. The van der Waals surface area contributed by atoms with Gasteiger partial charge >= 0.3 is 18.0 Å². The Morgan fingerprint density at radius 3 is 2.52 bits per heavy atom. The molecule has 148 valence electrons. The summed E-state index contributed by atoms with van der Waals surface area (Å²) in [5.41, 5.74) is -2.55. The number of carbonyl (C=O) groups excluding carboxylic acids is 2. The summed E-state index contributed by atoms with van der Waals surface area (Å²) in [6.45, 7) is 1.92. The first-order valence-corrected chi connectivity index (χ1v) is 8.71. The van der Waals surface area contributed by atoms with Crippen LogP contribution in [0.15, 0.2) is 35.4 Å². The number of unbranched alkanes of at least 4 members (excludes halogenated alkanes) is 1. The molecule has 1 aromatic carbocycles. The Kier molecular flexibility index (Phi) is 6.59. The number of halogens is 3. The third-order valence-corrected chi connectivity index (χ3v) is 4.24. The normalized spacial score (nSPS) is 19.7. The first kappa shape index (κ1) is 20.9. The van der Waals surface area contributed by atoms with Crippen molar-refractivity contribution in [2.24, 2.45) is 5.10 Å². The van der Waals surface area contributed by atoms with Crippen LogP contribution in [0.25, 0.3) is 0 Å². The molecule has 1 atom stereocenters. The maximum Gasteiger partial charge on any atom is 0.438 e. The Bertz CT molecular complexity index is 707. The third kappa shape index (κ3) is 4.85. The molecule has 1 heterocycles. The molecule has 9 heteroatoms. The van der Waals surface area contributed by atoms with E-state index >= 15 is 0 Å². The Morgan fingerprint density at radius 1 is 1.26 bits per heavy atom. The van der Waals surface area contributed by atoms with Crippen molar-refractivity contribution in [3.63, 3.8) is 0 Å². The number of amides is 2. The minimum Gasteiger partial charge on any atom is -0.362 e. The quantitative estimate of drug-likeness (QED) is 0.738. The second-order valence-corrected chi connectivity index (χ2v) is 6.37. The van der Waals surface area contributed by atoms with Gasteiger partial charge in [-0.3, -0.25) is 9.59 Å². The van der Waals surface area contributed by atoms with E-state index in [4.69, 9.17) is 0 Å². The first-order valence-electron chi connectivity index (χ1n) is 8.71. The lowest BCUT2D eigenvalue weighted by molar-refractivity contribution is -0.301. The summed E-state index contributed by atoms with van der Waals surface area (Å²) in [4.78, 5) is 24.2. The van der Waals surface area contributed by atoms with Gasteiger partial charge in [-0.2, -0.15) is 23.3 Å². The summed E-state index contributed by atoms with van der Waals surface area (Å²) < 4.78 is 40.0. The van der Waals surface area contributed by atoms with Gasteiger partial charge in [0.25, 0.3) is 5.72 Å². The predicted octanol–water partition coefficient (Wildman–Crippen LogP) is 2.37. The van der Waals surface area contributed by atoms with Crippen molar-refractivity contribution in [2.75, 3.05) is 6.54 Å². The minimum absolute atomic E-state index is 0.0436. The van der Waals surface area contributed by atoms with E-state index in [2.05, 4.69) is 10.4 Å². The molecule has 0 radical (unpaired) electrons. The van der Waals surface area contributed by atoms with E-state index in [-0.39, 0.29) is 23.7 Å². The van der Waals surface area contributed by atoms with Gasteiger partial charge in [-0.15, -0.1) is 0 Å². The molecule has 2 rings (SSSR count). The minimum atomic E-state index is -5.13. The lowest BCUT2D eigenvalue weighted by Crippen LogP contribution is -2.59. The Morgan fingerprint density at radius 2 is 1.93 bits per heavy atom. The number of carbonyl (C=O) groups is 2. The highest BCUT2D eigenvalue weighted by Crippen LogP contribution is 2.40. The zero-order valence-electron chi connectivity index (χ0n) is 14.9. The van der Waals surface area contributed by atoms with Gasteiger partial charge in [-0.05, 0) is 24.8 Å². The van der Waals surface area contributed by atoms with Crippen LogP contribution in [0.5, 0.6) is 0 Å². The highest BCUT2D eigenvalue weighted by molar-refractivity contribution is 6.35. The van der Waals surface area contributed by atoms with Crippen LogP contribution in [0.3, 0.4) is 0 Å². The molecule has 1 aromatic rings. The van der Waals surface area contributed by atoms with Crippen LogP contribution in [-0.2, 0) is 16.0 Å². The van der Waals surface area contributed by atoms with Gasteiger partial charge in [0.2, 0.25) is 0 Å². The summed E-state index contributed by atoms with van der Waals surface area (Å²) in [5, 5.41) is 15.8. The maximum absolute atomic E-state index is 13.3. The number of hydrazone groups is 1. The fourth-order valence-corrected chi connectivity index (χ4v) is 2.71. The Balaban J connectivity index is 2.05. The smallest absolute Gasteiger partial charge is 0.362 e. The van der Waals surface area contributed by atoms with Crippen LogP contribution in [0.1, 0.15) is 38.2 Å². The lowest BCUT2D eigenvalue weighted by atomic mass is 10.0. The number of nitrogens with one attached hydrogen (secondary N) is 1. The molecule has 27 heavy (non-hydrogen) atoms. The SMILES string of the molecule is CCCCC1=NN(C(=O)C(=O)NCCc2ccccc2)[C@@](O)(C(F)(F)F)C1. The molecule has 1 aliphatic rings. The molecular weight excluding hydrogens is 363 g/mol. The van der Waals surface area contributed by atoms with E-state index in [0.29, 0.717) is 12.8 Å². The zero-order valence-corrected chi connectivity index (χ0v) is 14.9. The highest BCUT2D eigenvalue weighted by atomic mass is 19.4. The third-order valence-electron chi connectivity index (χ3n) is 4.24. The Hall–Kier alpha value is -2.42.